The van der Waals surface area contributed by atoms with Gasteiger partial charge in [-0.25, -0.2) is 0 Å². The number of benzene rings is 1. The molecule has 0 aliphatic heterocycles. The lowest BCUT2D eigenvalue weighted by Gasteiger charge is -2.14. The molecule has 1 saturated carbocycles. The second-order valence-electron chi connectivity index (χ2n) is 3.92. The maximum atomic E-state index is 5.54. The second kappa shape index (κ2) is 4.31. The normalized spacial score (nSPS) is 17.7. The Kier molecular flexibility index (Phi) is 3.05. The minimum Gasteiger partial charge on any atom is -0.374 e. The van der Waals surface area contributed by atoms with E-state index in [0.717, 1.165) is 19.4 Å². The van der Waals surface area contributed by atoms with Crippen LogP contribution in [0, 0.1) is 0 Å². The molecule has 2 rings (SSSR count). The smallest absolute Gasteiger partial charge is 0.0930 e. The van der Waals surface area contributed by atoms with Crippen molar-refractivity contribution in [3.8, 4) is 0 Å². The number of hydrogen-bond donors (Lipinski definition) is 1. The van der Waals surface area contributed by atoms with Gasteiger partial charge in [0.2, 0.25) is 0 Å². The number of nitrogens with one attached hydrogen (secondary N) is 1. The summed E-state index contributed by atoms with van der Waals surface area (Å²) in [7, 11) is 3.41. The summed E-state index contributed by atoms with van der Waals surface area (Å²) >= 11 is 0. The van der Waals surface area contributed by atoms with Gasteiger partial charge in [-0.1, -0.05) is 24.3 Å². The number of hydroxylamine groups is 1. The molecule has 0 spiro atoms. The Morgan fingerprint density at radius 2 is 2.13 bits per heavy atom. The molecular formula is C12H17NO2. The lowest BCUT2D eigenvalue weighted by molar-refractivity contribution is 0.0779. The van der Waals surface area contributed by atoms with Gasteiger partial charge in [-0.3, -0.25) is 0 Å². The number of methoxy groups -OCH3 is 1. The fourth-order valence-corrected chi connectivity index (χ4v) is 1.84. The van der Waals surface area contributed by atoms with Crippen molar-refractivity contribution in [2.75, 3.05) is 14.2 Å². The largest absolute Gasteiger partial charge is 0.374 e. The molecule has 0 aromatic heterocycles. The maximum Gasteiger partial charge on any atom is 0.0930 e. The Morgan fingerprint density at radius 3 is 2.73 bits per heavy atom. The Hall–Kier alpha value is -0.900. The highest BCUT2D eigenvalue weighted by atomic mass is 16.6. The summed E-state index contributed by atoms with van der Waals surface area (Å²) in [4.78, 5) is 4.83. The van der Waals surface area contributed by atoms with Crippen LogP contribution in [0.1, 0.15) is 24.0 Å². The SMILES string of the molecule is CONCc1cccc(C2(OC)CC2)c1. The zero-order valence-corrected chi connectivity index (χ0v) is 9.25. The summed E-state index contributed by atoms with van der Waals surface area (Å²) in [6, 6.07) is 8.47. The molecule has 1 fully saturated rings. The fourth-order valence-electron chi connectivity index (χ4n) is 1.84. The van der Waals surface area contributed by atoms with Crippen molar-refractivity contribution < 1.29 is 9.57 Å². The highest BCUT2D eigenvalue weighted by Crippen LogP contribution is 2.48. The average molecular weight is 207 g/mol. The molecule has 0 amide bonds. The molecule has 1 N–H and O–H groups in total. The molecule has 0 bridgehead atoms. The Balaban J connectivity index is 2.12. The lowest BCUT2D eigenvalue weighted by Crippen LogP contribution is -2.13. The predicted molar refractivity (Wildman–Crippen MR) is 58.2 cm³/mol. The van der Waals surface area contributed by atoms with E-state index in [4.69, 9.17) is 9.57 Å². The molecule has 0 saturated heterocycles. The fraction of sp³-hybridized carbons (Fsp3) is 0.500. The zero-order chi connectivity index (χ0) is 10.7. The molecule has 0 unspecified atom stereocenters. The highest BCUT2D eigenvalue weighted by molar-refractivity contribution is 5.32. The number of hydrogen-bond acceptors (Lipinski definition) is 3. The molecule has 1 aliphatic rings. The van der Waals surface area contributed by atoms with Crippen molar-refractivity contribution in [3.05, 3.63) is 35.4 Å². The van der Waals surface area contributed by atoms with Crippen molar-refractivity contribution in [3.63, 3.8) is 0 Å². The summed E-state index contributed by atoms with van der Waals surface area (Å²) in [6.07, 6.45) is 2.26. The quantitative estimate of drug-likeness (QED) is 0.749. The summed E-state index contributed by atoms with van der Waals surface area (Å²) in [5, 5.41) is 0. The van der Waals surface area contributed by atoms with Crippen molar-refractivity contribution in [1.82, 2.24) is 5.48 Å². The van der Waals surface area contributed by atoms with Crippen LogP contribution in [0.5, 0.6) is 0 Å². The van der Waals surface area contributed by atoms with Crippen LogP contribution >= 0.6 is 0 Å². The standard InChI is InChI=1S/C12H17NO2/c1-14-12(6-7-12)11-5-3-4-10(8-11)9-13-15-2/h3-5,8,13H,6-7,9H2,1-2H3. The summed E-state index contributed by atoms with van der Waals surface area (Å²) in [5.41, 5.74) is 5.34. The van der Waals surface area contributed by atoms with E-state index in [2.05, 4.69) is 29.7 Å². The van der Waals surface area contributed by atoms with Crippen molar-refractivity contribution in [2.24, 2.45) is 0 Å². The Morgan fingerprint density at radius 1 is 1.33 bits per heavy atom. The molecule has 1 aliphatic carbocycles. The van der Waals surface area contributed by atoms with Gasteiger partial charge in [0.05, 0.1) is 12.7 Å². The molecule has 3 nitrogen and oxygen atoms in total. The van der Waals surface area contributed by atoms with Gasteiger partial charge in [-0.2, -0.15) is 5.48 Å². The van der Waals surface area contributed by atoms with Crippen LogP contribution in [0.15, 0.2) is 24.3 Å². The minimum absolute atomic E-state index is 0.00306. The molecule has 15 heavy (non-hydrogen) atoms. The molecule has 1 aromatic carbocycles. The van der Waals surface area contributed by atoms with Crippen LogP contribution in [0.2, 0.25) is 0 Å². The van der Waals surface area contributed by atoms with E-state index < -0.39 is 0 Å². The van der Waals surface area contributed by atoms with Gasteiger partial charge < -0.3 is 9.57 Å². The molecule has 3 heteroatoms. The number of ether oxygens (including phenoxy) is 1. The van der Waals surface area contributed by atoms with E-state index in [1.165, 1.54) is 11.1 Å². The Bertz CT molecular complexity index is 334. The third-order valence-electron chi connectivity index (χ3n) is 2.97. The van der Waals surface area contributed by atoms with Gasteiger partial charge in [-0.05, 0) is 24.0 Å². The van der Waals surface area contributed by atoms with E-state index >= 15 is 0 Å². The summed E-state index contributed by atoms with van der Waals surface area (Å²) in [6.45, 7) is 0.726. The van der Waals surface area contributed by atoms with Crippen molar-refractivity contribution in [1.29, 1.82) is 0 Å². The molecular weight excluding hydrogens is 190 g/mol. The van der Waals surface area contributed by atoms with Crippen LogP contribution in [-0.2, 0) is 21.7 Å². The monoisotopic (exact) mass is 207 g/mol. The molecule has 1 aromatic rings. The van der Waals surface area contributed by atoms with E-state index in [0.29, 0.717) is 0 Å². The molecule has 0 atom stereocenters. The van der Waals surface area contributed by atoms with Gasteiger partial charge in [0.1, 0.15) is 0 Å². The summed E-state index contributed by atoms with van der Waals surface area (Å²) < 4.78 is 5.54. The Labute approximate surface area is 90.3 Å². The van der Waals surface area contributed by atoms with Gasteiger partial charge in [-0.15, -0.1) is 0 Å². The zero-order valence-electron chi connectivity index (χ0n) is 9.25. The van der Waals surface area contributed by atoms with Crippen LogP contribution in [0.4, 0.5) is 0 Å². The van der Waals surface area contributed by atoms with Crippen LogP contribution in [0.3, 0.4) is 0 Å². The molecule has 82 valence electrons. The van der Waals surface area contributed by atoms with Crippen LogP contribution in [-0.4, -0.2) is 14.2 Å². The van der Waals surface area contributed by atoms with Gasteiger partial charge in [0, 0.05) is 13.7 Å². The van der Waals surface area contributed by atoms with Crippen molar-refractivity contribution >= 4 is 0 Å². The first-order valence-corrected chi connectivity index (χ1v) is 5.21. The average Bonchev–Trinajstić information content (AvgIpc) is 3.08. The molecule has 0 heterocycles. The van der Waals surface area contributed by atoms with Crippen molar-refractivity contribution in [2.45, 2.75) is 25.0 Å². The number of rotatable bonds is 5. The maximum absolute atomic E-state index is 5.54. The van der Waals surface area contributed by atoms with Gasteiger partial charge >= 0.3 is 0 Å². The summed E-state index contributed by atoms with van der Waals surface area (Å²) in [5.74, 6) is 0. The minimum atomic E-state index is 0.00306. The van der Waals surface area contributed by atoms with Crippen LogP contribution in [0.25, 0.3) is 0 Å². The predicted octanol–water partition coefficient (Wildman–Crippen LogP) is 1.97. The van der Waals surface area contributed by atoms with Crippen LogP contribution < -0.4 is 5.48 Å². The highest BCUT2D eigenvalue weighted by Gasteiger charge is 2.44. The van der Waals surface area contributed by atoms with E-state index in [1.54, 1.807) is 14.2 Å². The van der Waals surface area contributed by atoms with Gasteiger partial charge in [0.15, 0.2) is 0 Å². The van der Waals surface area contributed by atoms with E-state index in [9.17, 15) is 0 Å². The third-order valence-corrected chi connectivity index (χ3v) is 2.97. The molecule has 0 radical (unpaired) electrons. The third kappa shape index (κ3) is 2.20. The first-order valence-electron chi connectivity index (χ1n) is 5.21. The second-order valence-corrected chi connectivity index (χ2v) is 3.92. The van der Waals surface area contributed by atoms with E-state index in [-0.39, 0.29) is 5.60 Å². The topological polar surface area (TPSA) is 30.5 Å². The van der Waals surface area contributed by atoms with E-state index in [1.807, 2.05) is 0 Å². The first kappa shape index (κ1) is 10.6. The first-order chi connectivity index (χ1) is 7.30. The van der Waals surface area contributed by atoms with Gasteiger partial charge in [0.25, 0.3) is 0 Å². The lowest BCUT2D eigenvalue weighted by atomic mass is 10.0.